The zero-order chi connectivity index (χ0) is 26.6. The summed E-state index contributed by atoms with van der Waals surface area (Å²) in [5, 5.41) is 22.8. The number of rotatable bonds is 2. The molecule has 0 saturated heterocycles. The van der Waals surface area contributed by atoms with Crippen LogP contribution in [-0.4, -0.2) is 21.4 Å². The van der Waals surface area contributed by atoms with Crippen LogP contribution in [0.2, 0.25) is 0 Å². The first-order valence-electron chi connectivity index (χ1n) is 12.8. The van der Waals surface area contributed by atoms with Gasteiger partial charge in [-0.2, -0.15) is 0 Å². The van der Waals surface area contributed by atoms with Gasteiger partial charge in [0.1, 0.15) is 45.3 Å². The minimum absolute atomic E-state index is 0.0530. The van der Waals surface area contributed by atoms with E-state index in [0.717, 1.165) is 22.4 Å². The van der Waals surface area contributed by atoms with Gasteiger partial charge in [0.05, 0.1) is 11.1 Å². The number of hydrogen-bond donors (Lipinski definition) is 2. The van der Waals surface area contributed by atoms with E-state index in [2.05, 4.69) is 0 Å². The van der Waals surface area contributed by atoms with Crippen molar-refractivity contribution in [2.75, 3.05) is 0 Å². The number of ether oxygens (including phenoxy) is 2. The van der Waals surface area contributed by atoms with Crippen molar-refractivity contribution >= 4 is 17.0 Å². The molecule has 6 rings (SSSR count). The second-order valence-corrected chi connectivity index (χ2v) is 11.8. The molecule has 0 saturated carbocycles. The van der Waals surface area contributed by atoms with Crippen LogP contribution in [0.5, 0.6) is 23.0 Å². The Morgan fingerprint density at radius 2 is 1.86 bits per heavy atom. The lowest BCUT2D eigenvalue weighted by Gasteiger charge is -2.32. The van der Waals surface area contributed by atoms with Crippen LogP contribution in [0, 0.1) is 6.92 Å². The first kappa shape index (κ1) is 23.7. The highest BCUT2D eigenvalue weighted by atomic mass is 16.5. The van der Waals surface area contributed by atoms with Crippen molar-refractivity contribution in [2.45, 2.75) is 78.4 Å². The molecule has 6 nitrogen and oxygen atoms in total. The molecule has 3 aliphatic rings. The van der Waals surface area contributed by atoms with Gasteiger partial charge in [-0.3, -0.25) is 4.79 Å². The number of aromatic hydroxyl groups is 2. The highest BCUT2D eigenvalue weighted by molar-refractivity contribution is 5.97. The molecule has 2 aliphatic heterocycles. The fraction of sp³-hybridized carbons (Fsp3) is 0.387. The van der Waals surface area contributed by atoms with Crippen LogP contribution in [-0.2, 0) is 12.8 Å². The Balaban J connectivity index is 1.73. The molecule has 0 spiro atoms. The summed E-state index contributed by atoms with van der Waals surface area (Å²) in [6, 6.07) is 1.66. The van der Waals surface area contributed by atoms with E-state index in [4.69, 9.17) is 13.9 Å². The number of phenolic OH excluding ortho intramolecular Hbond substituents is 2. The molecular weight excluding hydrogens is 468 g/mol. The summed E-state index contributed by atoms with van der Waals surface area (Å²) in [5.74, 6) is 1.39. The van der Waals surface area contributed by atoms with Crippen LogP contribution in [0.3, 0.4) is 0 Å². The molecule has 192 valence electrons. The van der Waals surface area contributed by atoms with Crippen molar-refractivity contribution in [3.8, 4) is 34.3 Å². The summed E-state index contributed by atoms with van der Waals surface area (Å²) in [5.41, 5.74) is 3.75. The molecule has 2 N–H and O–H groups in total. The predicted octanol–water partition coefficient (Wildman–Crippen LogP) is 6.68. The van der Waals surface area contributed by atoms with Crippen molar-refractivity contribution in [1.82, 2.24) is 0 Å². The fourth-order valence-corrected chi connectivity index (χ4v) is 5.98. The van der Waals surface area contributed by atoms with Crippen LogP contribution in [0.25, 0.3) is 28.4 Å². The highest BCUT2D eigenvalue weighted by Crippen LogP contribution is 2.58. The first-order chi connectivity index (χ1) is 17.3. The highest BCUT2D eigenvalue weighted by Gasteiger charge is 2.48. The van der Waals surface area contributed by atoms with Gasteiger partial charge < -0.3 is 24.1 Å². The monoisotopic (exact) mass is 500 g/mol. The van der Waals surface area contributed by atoms with Crippen molar-refractivity contribution in [1.29, 1.82) is 0 Å². The van der Waals surface area contributed by atoms with E-state index >= 15 is 0 Å². The topological polar surface area (TPSA) is 89.1 Å². The molecule has 3 aromatic rings. The third-order valence-corrected chi connectivity index (χ3v) is 7.89. The van der Waals surface area contributed by atoms with Gasteiger partial charge in [0.2, 0.25) is 0 Å². The molecule has 6 heteroatoms. The SMILES string of the molecule is CC(C)=CCc1c2c(c3oc4c(c(=O)c3c1O)CC1c3c(c(C)cc(O)c3-4)OC1(C)C)C=CC(C)(C)O2. The zero-order valence-electron chi connectivity index (χ0n) is 22.3. The Hall–Kier alpha value is -3.67. The summed E-state index contributed by atoms with van der Waals surface area (Å²) in [6.07, 6.45) is 6.64. The normalized spacial score (nSPS) is 19.5. The van der Waals surface area contributed by atoms with E-state index < -0.39 is 11.2 Å². The Morgan fingerprint density at radius 1 is 1.14 bits per heavy atom. The van der Waals surface area contributed by atoms with Crippen LogP contribution < -0.4 is 14.9 Å². The van der Waals surface area contributed by atoms with E-state index in [0.29, 0.717) is 46.6 Å². The summed E-state index contributed by atoms with van der Waals surface area (Å²) < 4.78 is 19.2. The molecule has 0 fully saturated rings. The van der Waals surface area contributed by atoms with Crippen molar-refractivity contribution in [3.05, 3.63) is 61.8 Å². The number of allylic oxidation sites excluding steroid dienone is 2. The molecule has 1 unspecified atom stereocenters. The van der Waals surface area contributed by atoms with Gasteiger partial charge >= 0.3 is 0 Å². The second-order valence-electron chi connectivity index (χ2n) is 11.8. The van der Waals surface area contributed by atoms with Crippen molar-refractivity contribution in [2.24, 2.45) is 0 Å². The molecule has 37 heavy (non-hydrogen) atoms. The number of fused-ring (bicyclic) bond motifs is 5. The summed E-state index contributed by atoms with van der Waals surface area (Å²) in [7, 11) is 0. The van der Waals surface area contributed by atoms with Gasteiger partial charge in [0.15, 0.2) is 11.0 Å². The first-order valence-corrected chi connectivity index (χ1v) is 12.8. The van der Waals surface area contributed by atoms with E-state index in [1.54, 1.807) is 6.07 Å². The lowest BCUT2D eigenvalue weighted by Crippen LogP contribution is -2.34. The minimum atomic E-state index is -0.590. The molecule has 0 radical (unpaired) electrons. The summed E-state index contributed by atoms with van der Waals surface area (Å²) >= 11 is 0. The third kappa shape index (κ3) is 3.27. The van der Waals surface area contributed by atoms with Crippen molar-refractivity contribution < 1.29 is 24.1 Å². The van der Waals surface area contributed by atoms with Crippen LogP contribution in [0.15, 0.2) is 33.0 Å². The largest absolute Gasteiger partial charge is 0.507 e. The van der Waals surface area contributed by atoms with E-state index in [1.165, 1.54) is 0 Å². The molecule has 0 amide bonds. The second kappa shape index (κ2) is 7.44. The standard InChI is InChI=1S/C31H32O6/c1-14(2)8-9-16-24(33)23-25(34)18-13-19-21-22(20(32)12-15(3)26(21)37-31(19,6)7)29(18)35-28(23)17-10-11-30(4,5)36-27(16)17/h8,10-12,19,32-33H,9,13H2,1-7H3. The molecular formula is C31H32O6. The molecule has 1 aliphatic carbocycles. The molecule has 0 bridgehead atoms. The maximum atomic E-state index is 14.2. The molecule has 2 aromatic carbocycles. The Kier molecular flexibility index (Phi) is 4.77. The Labute approximate surface area is 215 Å². The predicted molar refractivity (Wildman–Crippen MR) is 144 cm³/mol. The Bertz CT molecular complexity index is 1640. The summed E-state index contributed by atoms with van der Waals surface area (Å²) in [6.45, 7) is 13.8. The number of benzene rings is 2. The average molecular weight is 501 g/mol. The van der Waals surface area contributed by atoms with Gasteiger partial charge in [-0.05, 0) is 85.1 Å². The van der Waals surface area contributed by atoms with Crippen LogP contribution in [0.4, 0.5) is 0 Å². The average Bonchev–Trinajstić information content (AvgIpc) is 3.07. The lowest BCUT2D eigenvalue weighted by atomic mass is 9.74. The fourth-order valence-electron chi connectivity index (χ4n) is 5.98. The number of phenols is 2. The number of hydrogen-bond acceptors (Lipinski definition) is 6. The maximum absolute atomic E-state index is 14.2. The van der Waals surface area contributed by atoms with Gasteiger partial charge in [0.25, 0.3) is 0 Å². The van der Waals surface area contributed by atoms with Gasteiger partial charge in [-0.25, -0.2) is 0 Å². The summed E-state index contributed by atoms with van der Waals surface area (Å²) in [4.78, 5) is 14.2. The lowest BCUT2D eigenvalue weighted by molar-refractivity contribution is 0.108. The van der Waals surface area contributed by atoms with Crippen LogP contribution in [0.1, 0.15) is 75.3 Å². The maximum Gasteiger partial charge on any atom is 0.200 e. The van der Waals surface area contributed by atoms with Crippen LogP contribution >= 0.6 is 0 Å². The third-order valence-electron chi connectivity index (χ3n) is 7.89. The van der Waals surface area contributed by atoms with E-state index in [1.807, 2.05) is 66.7 Å². The van der Waals surface area contributed by atoms with Gasteiger partial charge in [0, 0.05) is 22.6 Å². The zero-order valence-corrected chi connectivity index (χ0v) is 22.3. The minimum Gasteiger partial charge on any atom is -0.507 e. The van der Waals surface area contributed by atoms with E-state index in [-0.39, 0.29) is 33.8 Å². The Morgan fingerprint density at radius 3 is 2.57 bits per heavy atom. The smallest absolute Gasteiger partial charge is 0.200 e. The number of aryl methyl sites for hydroxylation is 1. The molecule has 3 heterocycles. The molecule has 1 atom stereocenters. The molecule has 1 aromatic heterocycles. The van der Waals surface area contributed by atoms with Gasteiger partial charge in [-0.15, -0.1) is 0 Å². The van der Waals surface area contributed by atoms with Crippen molar-refractivity contribution in [3.63, 3.8) is 0 Å². The van der Waals surface area contributed by atoms with Gasteiger partial charge in [-0.1, -0.05) is 11.6 Å². The van der Waals surface area contributed by atoms with E-state index in [9.17, 15) is 15.0 Å². The quantitative estimate of drug-likeness (QED) is 0.382.